The maximum absolute atomic E-state index is 13.7. The molecule has 2 N–H and O–H groups in total. The molecule has 0 amide bonds. The Morgan fingerprint density at radius 2 is 2.40 bits per heavy atom. The standard InChI is InChI=1S/C13H20FN5.HI/c1-3-16-13(15-2)18-10-6-8-19(9-10)12-11(14)5-4-7-17-12;/h4-5,7,10H,3,6,8-9H2,1-2H3,(H2,15,16,18);1H. The second kappa shape index (κ2) is 8.23. The van der Waals surface area contributed by atoms with Crippen LogP contribution in [0.2, 0.25) is 0 Å². The first-order valence-corrected chi connectivity index (χ1v) is 6.57. The van der Waals surface area contributed by atoms with E-state index in [1.54, 1.807) is 19.3 Å². The van der Waals surface area contributed by atoms with Crippen LogP contribution >= 0.6 is 24.0 Å². The zero-order chi connectivity index (χ0) is 13.7. The maximum atomic E-state index is 13.7. The van der Waals surface area contributed by atoms with Crippen molar-refractivity contribution < 1.29 is 4.39 Å². The van der Waals surface area contributed by atoms with Gasteiger partial charge in [-0.1, -0.05) is 0 Å². The highest BCUT2D eigenvalue weighted by Gasteiger charge is 2.25. The largest absolute Gasteiger partial charge is 0.357 e. The van der Waals surface area contributed by atoms with Crippen LogP contribution in [-0.2, 0) is 0 Å². The third-order valence-corrected chi connectivity index (χ3v) is 3.14. The summed E-state index contributed by atoms with van der Waals surface area (Å²) in [5.74, 6) is 0.959. The summed E-state index contributed by atoms with van der Waals surface area (Å²) in [5.41, 5.74) is 0. The van der Waals surface area contributed by atoms with Crippen molar-refractivity contribution in [2.75, 3.05) is 31.6 Å². The van der Waals surface area contributed by atoms with Crippen LogP contribution in [0, 0.1) is 5.82 Å². The van der Waals surface area contributed by atoms with Gasteiger partial charge in [0.2, 0.25) is 0 Å². The first kappa shape index (κ1) is 16.9. The van der Waals surface area contributed by atoms with Crippen LogP contribution in [-0.4, -0.2) is 43.7 Å². The molecule has 20 heavy (non-hydrogen) atoms. The quantitative estimate of drug-likeness (QED) is 0.466. The van der Waals surface area contributed by atoms with E-state index in [9.17, 15) is 4.39 Å². The highest BCUT2D eigenvalue weighted by atomic mass is 127. The van der Waals surface area contributed by atoms with E-state index in [2.05, 4.69) is 20.6 Å². The van der Waals surface area contributed by atoms with Crippen molar-refractivity contribution in [3.8, 4) is 0 Å². The minimum absolute atomic E-state index is 0. The Kier molecular flexibility index (Phi) is 6.97. The van der Waals surface area contributed by atoms with Crippen LogP contribution < -0.4 is 15.5 Å². The predicted octanol–water partition coefficient (Wildman–Crippen LogP) is 1.60. The summed E-state index contributed by atoms with van der Waals surface area (Å²) < 4.78 is 13.7. The summed E-state index contributed by atoms with van der Waals surface area (Å²) in [6.45, 7) is 4.38. The minimum Gasteiger partial charge on any atom is -0.357 e. The van der Waals surface area contributed by atoms with Gasteiger partial charge in [-0.05, 0) is 25.5 Å². The summed E-state index contributed by atoms with van der Waals surface area (Å²) in [5, 5.41) is 6.49. The molecule has 1 atom stereocenters. The fourth-order valence-electron chi connectivity index (χ4n) is 2.24. The van der Waals surface area contributed by atoms with Crippen LogP contribution in [0.1, 0.15) is 13.3 Å². The van der Waals surface area contributed by atoms with E-state index in [-0.39, 0.29) is 35.8 Å². The molecule has 112 valence electrons. The SMILES string of the molecule is CCNC(=NC)NC1CCN(c2ncccc2F)C1.I. The van der Waals surface area contributed by atoms with Gasteiger partial charge in [-0.2, -0.15) is 0 Å². The van der Waals surface area contributed by atoms with Gasteiger partial charge in [0.25, 0.3) is 0 Å². The highest BCUT2D eigenvalue weighted by Crippen LogP contribution is 2.20. The van der Waals surface area contributed by atoms with Crippen LogP contribution in [0.25, 0.3) is 0 Å². The van der Waals surface area contributed by atoms with E-state index in [0.717, 1.165) is 32.0 Å². The second-order valence-corrected chi connectivity index (χ2v) is 4.49. The Bertz CT molecular complexity index is 454. The van der Waals surface area contributed by atoms with E-state index in [1.807, 2.05) is 11.8 Å². The zero-order valence-electron chi connectivity index (χ0n) is 11.8. The molecule has 1 fully saturated rings. The lowest BCUT2D eigenvalue weighted by Crippen LogP contribution is -2.44. The second-order valence-electron chi connectivity index (χ2n) is 4.49. The molecule has 2 heterocycles. The third kappa shape index (κ3) is 4.19. The summed E-state index contributed by atoms with van der Waals surface area (Å²) >= 11 is 0. The number of pyridine rings is 1. The summed E-state index contributed by atoms with van der Waals surface area (Å²) in [6, 6.07) is 3.32. The number of aromatic nitrogens is 1. The van der Waals surface area contributed by atoms with Gasteiger partial charge in [0, 0.05) is 38.9 Å². The Balaban J connectivity index is 0.00000200. The Morgan fingerprint density at radius 1 is 1.60 bits per heavy atom. The minimum atomic E-state index is -0.265. The molecule has 0 aromatic carbocycles. The number of aliphatic imine (C=N–C) groups is 1. The molecule has 1 aromatic rings. The van der Waals surface area contributed by atoms with E-state index in [1.165, 1.54) is 6.07 Å². The van der Waals surface area contributed by atoms with Gasteiger partial charge in [-0.25, -0.2) is 9.37 Å². The molecule has 5 nitrogen and oxygen atoms in total. The molecule has 0 spiro atoms. The predicted molar refractivity (Wildman–Crippen MR) is 90.4 cm³/mol. The monoisotopic (exact) mass is 393 g/mol. The van der Waals surface area contributed by atoms with Crippen LogP contribution in [0.15, 0.2) is 23.3 Å². The molecular weight excluding hydrogens is 372 g/mol. The number of guanidine groups is 1. The van der Waals surface area contributed by atoms with Crippen molar-refractivity contribution in [2.45, 2.75) is 19.4 Å². The van der Waals surface area contributed by atoms with E-state index in [0.29, 0.717) is 5.82 Å². The number of halogens is 2. The normalized spacial score (nSPS) is 18.6. The average Bonchev–Trinajstić information content (AvgIpc) is 2.87. The van der Waals surface area contributed by atoms with Gasteiger partial charge >= 0.3 is 0 Å². The molecule has 1 unspecified atom stereocenters. The Labute approximate surface area is 136 Å². The van der Waals surface area contributed by atoms with Gasteiger partial charge in [-0.3, -0.25) is 4.99 Å². The first-order valence-electron chi connectivity index (χ1n) is 6.57. The topological polar surface area (TPSA) is 52.6 Å². The smallest absolute Gasteiger partial charge is 0.191 e. The average molecular weight is 393 g/mol. The lowest BCUT2D eigenvalue weighted by atomic mass is 10.3. The van der Waals surface area contributed by atoms with E-state index < -0.39 is 0 Å². The van der Waals surface area contributed by atoms with Gasteiger partial charge in [0.1, 0.15) is 0 Å². The number of hydrogen-bond donors (Lipinski definition) is 2. The molecule has 0 aliphatic carbocycles. The van der Waals surface area contributed by atoms with Gasteiger partial charge in [0.15, 0.2) is 17.6 Å². The number of nitrogens with one attached hydrogen (secondary N) is 2. The number of hydrogen-bond acceptors (Lipinski definition) is 3. The fourth-order valence-corrected chi connectivity index (χ4v) is 2.24. The first-order chi connectivity index (χ1) is 9.24. The van der Waals surface area contributed by atoms with Gasteiger partial charge in [0.05, 0.1) is 0 Å². The van der Waals surface area contributed by atoms with Crippen LogP contribution in [0.3, 0.4) is 0 Å². The lowest BCUT2D eigenvalue weighted by molar-refractivity contribution is 0.612. The van der Waals surface area contributed by atoms with Crippen molar-refractivity contribution >= 4 is 35.8 Å². The zero-order valence-corrected chi connectivity index (χ0v) is 14.1. The van der Waals surface area contributed by atoms with Crippen molar-refractivity contribution in [1.82, 2.24) is 15.6 Å². The third-order valence-electron chi connectivity index (χ3n) is 3.14. The van der Waals surface area contributed by atoms with Crippen molar-refractivity contribution in [3.05, 3.63) is 24.1 Å². The summed E-state index contributed by atoms with van der Waals surface area (Å²) in [4.78, 5) is 10.2. The Morgan fingerprint density at radius 3 is 3.05 bits per heavy atom. The van der Waals surface area contributed by atoms with Crippen molar-refractivity contribution in [1.29, 1.82) is 0 Å². The van der Waals surface area contributed by atoms with Gasteiger partial charge in [-0.15, -0.1) is 24.0 Å². The Hall–Kier alpha value is -1.12. The summed E-state index contributed by atoms with van der Waals surface area (Å²) in [6.07, 6.45) is 2.57. The molecule has 7 heteroatoms. The van der Waals surface area contributed by atoms with Crippen LogP contribution in [0.5, 0.6) is 0 Å². The maximum Gasteiger partial charge on any atom is 0.191 e. The molecular formula is C13H21FIN5. The molecule has 0 saturated carbocycles. The molecule has 1 aliphatic rings. The molecule has 0 radical (unpaired) electrons. The van der Waals surface area contributed by atoms with Crippen molar-refractivity contribution in [3.63, 3.8) is 0 Å². The molecule has 0 bridgehead atoms. The highest BCUT2D eigenvalue weighted by molar-refractivity contribution is 14.0. The summed E-state index contributed by atoms with van der Waals surface area (Å²) in [7, 11) is 1.75. The number of anilines is 1. The van der Waals surface area contributed by atoms with Crippen LogP contribution in [0.4, 0.5) is 10.2 Å². The molecule has 2 rings (SSSR count). The number of nitrogens with zero attached hydrogens (tertiary/aromatic N) is 3. The van der Waals surface area contributed by atoms with Crippen molar-refractivity contribution in [2.24, 2.45) is 4.99 Å². The molecule has 1 aliphatic heterocycles. The fraction of sp³-hybridized carbons (Fsp3) is 0.538. The molecule has 1 aromatic heterocycles. The van der Waals surface area contributed by atoms with Gasteiger partial charge < -0.3 is 15.5 Å². The lowest BCUT2D eigenvalue weighted by Gasteiger charge is -2.19. The molecule has 1 saturated heterocycles. The van der Waals surface area contributed by atoms with E-state index in [4.69, 9.17) is 0 Å². The van der Waals surface area contributed by atoms with E-state index >= 15 is 0 Å². The number of rotatable bonds is 3.